The van der Waals surface area contributed by atoms with Crippen LogP contribution in [0, 0.1) is 0 Å². The Kier molecular flexibility index (Phi) is 7.03. The standard InChI is InChI=1S/C38H29ClN2O3/c1-26-35(27-14-5-2-6-15-27)44-38(30-19-9-4-10-20-30)25-34(29-18-13-21-31(39)24-29)40(37(43)28-16-7-3-8-17-28)32-22-11-12-23-33(32)41(38)36(26)42/h2-24,34H,25H2,1H3. The Morgan fingerprint density at radius 1 is 0.773 bits per heavy atom. The molecule has 2 unspecified atom stereocenters. The summed E-state index contributed by atoms with van der Waals surface area (Å²) in [6, 6.07) is 43.3. The molecular weight excluding hydrogens is 568 g/mol. The third-order valence-corrected chi connectivity index (χ3v) is 8.63. The van der Waals surface area contributed by atoms with Crippen molar-refractivity contribution in [1.29, 1.82) is 0 Å². The van der Waals surface area contributed by atoms with Crippen LogP contribution in [-0.4, -0.2) is 11.8 Å². The van der Waals surface area contributed by atoms with Crippen LogP contribution in [0.4, 0.5) is 11.4 Å². The van der Waals surface area contributed by atoms with E-state index in [4.69, 9.17) is 16.3 Å². The first-order valence-electron chi connectivity index (χ1n) is 14.6. The molecule has 0 bridgehead atoms. The molecule has 6 heteroatoms. The molecule has 5 aromatic rings. The fourth-order valence-electron chi connectivity index (χ4n) is 6.36. The van der Waals surface area contributed by atoms with Gasteiger partial charge in [0.05, 0.1) is 23.0 Å². The number of nitrogens with zero attached hydrogens (tertiary/aromatic N) is 2. The van der Waals surface area contributed by atoms with Gasteiger partial charge < -0.3 is 4.74 Å². The number of anilines is 2. The van der Waals surface area contributed by atoms with Gasteiger partial charge in [0.15, 0.2) is 0 Å². The second-order valence-electron chi connectivity index (χ2n) is 11.0. The van der Waals surface area contributed by atoms with E-state index in [-0.39, 0.29) is 18.2 Å². The van der Waals surface area contributed by atoms with Crippen LogP contribution >= 0.6 is 11.6 Å². The Hall–Kier alpha value is -5.13. The Labute approximate surface area is 261 Å². The zero-order valence-corrected chi connectivity index (χ0v) is 24.8. The van der Waals surface area contributed by atoms with Crippen LogP contribution in [0.2, 0.25) is 5.02 Å². The summed E-state index contributed by atoms with van der Waals surface area (Å²) in [5, 5.41) is 0.555. The van der Waals surface area contributed by atoms with Crippen molar-refractivity contribution < 1.29 is 14.3 Å². The summed E-state index contributed by atoms with van der Waals surface area (Å²) >= 11 is 6.58. The highest BCUT2D eigenvalue weighted by atomic mass is 35.5. The van der Waals surface area contributed by atoms with E-state index in [1.807, 2.05) is 140 Å². The molecule has 5 nitrogen and oxygen atoms in total. The van der Waals surface area contributed by atoms with E-state index in [2.05, 4.69) is 0 Å². The molecule has 2 aliphatic heterocycles. The second-order valence-corrected chi connectivity index (χ2v) is 11.5. The van der Waals surface area contributed by atoms with Crippen LogP contribution in [0.15, 0.2) is 145 Å². The Balaban J connectivity index is 1.55. The monoisotopic (exact) mass is 596 g/mol. The van der Waals surface area contributed by atoms with Gasteiger partial charge in [0, 0.05) is 28.1 Å². The maximum Gasteiger partial charge on any atom is 0.261 e. The van der Waals surface area contributed by atoms with Gasteiger partial charge in [0.2, 0.25) is 5.72 Å². The van der Waals surface area contributed by atoms with Crippen LogP contribution in [-0.2, 0) is 15.3 Å². The Morgan fingerprint density at radius 2 is 1.39 bits per heavy atom. The van der Waals surface area contributed by atoms with Gasteiger partial charge >= 0.3 is 0 Å². The van der Waals surface area contributed by atoms with Gasteiger partial charge in [0.25, 0.3) is 11.8 Å². The van der Waals surface area contributed by atoms with Crippen molar-refractivity contribution in [3.63, 3.8) is 0 Å². The number of amides is 2. The number of hydrogen-bond acceptors (Lipinski definition) is 3. The summed E-state index contributed by atoms with van der Waals surface area (Å²) in [5.74, 6) is 0.137. The van der Waals surface area contributed by atoms with Crippen molar-refractivity contribution in [2.75, 3.05) is 9.80 Å². The molecule has 0 N–H and O–H groups in total. The van der Waals surface area contributed by atoms with E-state index >= 15 is 0 Å². The smallest absolute Gasteiger partial charge is 0.261 e. The Bertz CT molecular complexity index is 1890. The fraction of sp³-hybridized carbons (Fsp3) is 0.105. The molecule has 2 heterocycles. The van der Waals surface area contributed by atoms with Gasteiger partial charge in [-0.05, 0) is 48.9 Å². The molecule has 7 rings (SSSR count). The summed E-state index contributed by atoms with van der Waals surface area (Å²) in [6.45, 7) is 1.80. The summed E-state index contributed by atoms with van der Waals surface area (Å²) in [5.41, 5.74) is 3.34. The lowest BCUT2D eigenvalue weighted by Crippen LogP contribution is -2.55. The minimum atomic E-state index is -1.31. The van der Waals surface area contributed by atoms with Crippen molar-refractivity contribution in [3.8, 4) is 0 Å². The fourth-order valence-corrected chi connectivity index (χ4v) is 6.55. The number of hydrogen-bond donors (Lipinski definition) is 0. The van der Waals surface area contributed by atoms with E-state index < -0.39 is 11.8 Å². The van der Waals surface area contributed by atoms with E-state index in [0.717, 1.165) is 16.7 Å². The topological polar surface area (TPSA) is 49.9 Å². The number of benzene rings is 5. The number of fused-ring (bicyclic) bond motifs is 3. The minimum Gasteiger partial charge on any atom is -0.462 e. The van der Waals surface area contributed by atoms with Gasteiger partial charge in [-0.3, -0.25) is 19.4 Å². The van der Waals surface area contributed by atoms with Crippen LogP contribution in [0.25, 0.3) is 5.76 Å². The number of para-hydroxylation sites is 2. The number of carbonyl (C=O) groups is 2. The molecule has 2 aliphatic rings. The maximum absolute atomic E-state index is 14.7. The molecule has 0 saturated carbocycles. The largest absolute Gasteiger partial charge is 0.462 e. The SMILES string of the molecule is CC1=C(c2ccccc2)OC2(c3ccccc3)CC(c3cccc(Cl)c3)N(C(=O)c3ccccc3)c3ccccc3N2C1=O. The molecule has 0 radical (unpaired) electrons. The number of rotatable bonds is 4. The lowest BCUT2D eigenvalue weighted by molar-refractivity contribution is -0.122. The van der Waals surface area contributed by atoms with Gasteiger partial charge in [-0.2, -0.15) is 0 Å². The molecular formula is C38H29ClN2O3. The highest BCUT2D eigenvalue weighted by molar-refractivity contribution is 6.30. The number of halogens is 1. The van der Waals surface area contributed by atoms with Gasteiger partial charge in [0.1, 0.15) is 5.76 Å². The normalized spacial score (nSPS) is 19.5. The molecule has 0 aromatic heterocycles. The highest BCUT2D eigenvalue weighted by Gasteiger charge is 2.55. The summed E-state index contributed by atoms with van der Waals surface area (Å²) in [6.07, 6.45) is 0.236. The molecule has 0 fully saturated rings. The van der Waals surface area contributed by atoms with Gasteiger partial charge in [-0.15, -0.1) is 0 Å². The highest BCUT2D eigenvalue weighted by Crippen LogP contribution is 2.55. The molecule has 216 valence electrons. The summed E-state index contributed by atoms with van der Waals surface area (Å²) in [4.78, 5) is 32.9. The van der Waals surface area contributed by atoms with Crippen molar-refractivity contribution in [3.05, 3.63) is 172 Å². The average molecular weight is 597 g/mol. The van der Waals surface area contributed by atoms with Gasteiger partial charge in [-0.25, -0.2) is 0 Å². The predicted octanol–water partition coefficient (Wildman–Crippen LogP) is 8.78. The minimum absolute atomic E-state index is 0.188. The molecule has 44 heavy (non-hydrogen) atoms. The first-order chi connectivity index (χ1) is 21.5. The molecule has 2 atom stereocenters. The van der Waals surface area contributed by atoms with Crippen LogP contribution in [0.1, 0.15) is 46.4 Å². The lowest BCUT2D eigenvalue weighted by Gasteiger charge is -2.47. The summed E-state index contributed by atoms with van der Waals surface area (Å²) in [7, 11) is 0. The third-order valence-electron chi connectivity index (χ3n) is 8.39. The average Bonchev–Trinajstić information content (AvgIpc) is 3.21. The van der Waals surface area contributed by atoms with Crippen molar-refractivity contribution in [2.45, 2.75) is 25.1 Å². The van der Waals surface area contributed by atoms with Crippen molar-refractivity contribution in [1.82, 2.24) is 0 Å². The van der Waals surface area contributed by atoms with Crippen LogP contribution in [0.5, 0.6) is 0 Å². The van der Waals surface area contributed by atoms with E-state index in [0.29, 0.717) is 33.3 Å². The van der Waals surface area contributed by atoms with Crippen molar-refractivity contribution >= 4 is 40.5 Å². The number of carbonyl (C=O) groups excluding carboxylic acids is 2. The predicted molar refractivity (Wildman–Crippen MR) is 174 cm³/mol. The molecule has 0 spiro atoms. The van der Waals surface area contributed by atoms with Gasteiger partial charge in [-0.1, -0.05) is 115 Å². The van der Waals surface area contributed by atoms with E-state index in [9.17, 15) is 9.59 Å². The lowest BCUT2D eigenvalue weighted by atomic mass is 9.87. The molecule has 5 aromatic carbocycles. The second kappa shape index (κ2) is 11.2. The molecule has 0 saturated heterocycles. The Morgan fingerprint density at radius 3 is 2.07 bits per heavy atom. The molecule has 2 amide bonds. The quantitative estimate of drug-likeness (QED) is 0.208. The van der Waals surface area contributed by atoms with Crippen LogP contribution < -0.4 is 9.80 Å². The molecule has 0 aliphatic carbocycles. The first kappa shape index (κ1) is 27.7. The van der Waals surface area contributed by atoms with E-state index in [1.165, 1.54) is 0 Å². The zero-order chi connectivity index (χ0) is 30.3. The third kappa shape index (κ3) is 4.57. The summed E-state index contributed by atoms with van der Waals surface area (Å²) < 4.78 is 7.20. The zero-order valence-electron chi connectivity index (χ0n) is 24.1. The van der Waals surface area contributed by atoms with Crippen LogP contribution in [0.3, 0.4) is 0 Å². The van der Waals surface area contributed by atoms with Crippen molar-refractivity contribution in [2.24, 2.45) is 0 Å². The number of ether oxygens (including phenoxy) is 1. The first-order valence-corrected chi connectivity index (χ1v) is 14.9. The maximum atomic E-state index is 14.7. The van der Waals surface area contributed by atoms with E-state index in [1.54, 1.807) is 16.7 Å².